The molecule has 0 atom stereocenters. The van der Waals surface area contributed by atoms with E-state index in [-0.39, 0.29) is 6.54 Å². The fourth-order valence-electron chi connectivity index (χ4n) is 1.65. The number of hydrogen-bond acceptors (Lipinski definition) is 3. The van der Waals surface area contributed by atoms with Crippen molar-refractivity contribution in [3.05, 3.63) is 0 Å². The van der Waals surface area contributed by atoms with E-state index in [9.17, 15) is 4.79 Å². The van der Waals surface area contributed by atoms with E-state index in [0.29, 0.717) is 5.88 Å². The minimum absolute atomic E-state index is 0.170. The van der Waals surface area contributed by atoms with Crippen LogP contribution in [-0.4, -0.2) is 66.0 Å². The molecule has 0 saturated carbocycles. The van der Waals surface area contributed by atoms with Crippen molar-refractivity contribution in [2.45, 2.75) is 6.42 Å². The minimum atomic E-state index is -0.737. The number of carbonyl (C=O) groups is 1. The van der Waals surface area contributed by atoms with Crippen LogP contribution in [0.15, 0.2) is 0 Å². The average molecular weight is 221 g/mol. The fraction of sp³-hybridized carbons (Fsp3) is 0.889. The second kappa shape index (κ2) is 6.22. The third-order valence-electron chi connectivity index (χ3n) is 2.43. The predicted octanol–water partition coefficient (Wildman–Crippen LogP) is 0.318. The van der Waals surface area contributed by atoms with Gasteiger partial charge < -0.3 is 10.0 Å². The Morgan fingerprint density at radius 2 is 1.79 bits per heavy atom. The highest BCUT2D eigenvalue weighted by molar-refractivity contribution is 6.17. The molecule has 0 aliphatic carbocycles. The van der Waals surface area contributed by atoms with Gasteiger partial charge in [-0.15, -0.1) is 11.6 Å². The molecule has 4 nitrogen and oxygen atoms in total. The van der Waals surface area contributed by atoms with Gasteiger partial charge in [-0.25, -0.2) is 0 Å². The Kier molecular flexibility index (Phi) is 5.22. The highest BCUT2D eigenvalue weighted by Gasteiger charge is 2.17. The van der Waals surface area contributed by atoms with Crippen LogP contribution in [0.3, 0.4) is 0 Å². The molecule has 0 aromatic carbocycles. The smallest absolute Gasteiger partial charge is 0.317 e. The Labute approximate surface area is 89.4 Å². The lowest BCUT2D eigenvalue weighted by Gasteiger charge is -2.33. The van der Waals surface area contributed by atoms with Crippen LogP contribution in [0.2, 0.25) is 0 Å². The van der Waals surface area contributed by atoms with E-state index in [1.807, 2.05) is 4.90 Å². The molecule has 0 amide bonds. The number of nitrogens with zero attached hydrogens (tertiary/aromatic N) is 2. The number of piperazine rings is 1. The molecular weight excluding hydrogens is 204 g/mol. The van der Waals surface area contributed by atoms with E-state index in [4.69, 9.17) is 16.7 Å². The number of halogens is 1. The first-order chi connectivity index (χ1) is 6.72. The van der Waals surface area contributed by atoms with Crippen molar-refractivity contribution in [3.8, 4) is 0 Å². The van der Waals surface area contributed by atoms with Crippen molar-refractivity contribution in [3.63, 3.8) is 0 Å². The Hall–Kier alpha value is -0.320. The highest BCUT2D eigenvalue weighted by atomic mass is 35.5. The van der Waals surface area contributed by atoms with E-state index in [1.54, 1.807) is 0 Å². The summed E-state index contributed by atoms with van der Waals surface area (Å²) < 4.78 is 0. The van der Waals surface area contributed by atoms with Crippen LogP contribution < -0.4 is 0 Å². The predicted molar refractivity (Wildman–Crippen MR) is 55.9 cm³/mol. The van der Waals surface area contributed by atoms with Crippen LogP contribution in [0.5, 0.6) is 0 Å². The van der Waals surface area contributed by atoms with Gasteiger partial charge in [0.1, 0.15) is 0 Å². The van der Waals surface area contributed by atoms with Crippen molar-refractivity contribution in [1.29, 1.82) is 0 Å². The van der Waals surface area contributed by atoms with Gasteiger partial charge in [0, 0.05) is 32.1 Å². The Balaban J connectivity index is 2.14. The lowest BCUT2D eigenvalue weighted by molar-refractivity contribution is -0.138. The Bertz CT molecular complexity index is 182. The largest absolute Gasteiger partial charge is 0.480 e. The van der Waals surface area contributed by atoms with E-state index in [1.165, 1.54) is 0 Å². The summed E-state index contributed by atoms with van der Waals surface area (Å²) in [6.07, 6.45) is 1.01. The molecule has 1 heterocycles. The molecule has 0 aromatic rings. The van der Waals surface area contributed by atoms with Gasteiger partial charge in [-0.3, -0.25) is 9.69 Å². The van der Waals surface area contributed by atoms with Crippen LogP contribution >= 0.6 is 11.6 Å². The molecule has 1 N–H and O–H groups in total. The maximum Gasteiger partial charge on any atom is 0.317 e. The summed E-state index contributed by atoms with van der Waals surface area (Å²) in [6.45, 7) is 4.84. The summed E-state index contributed by atoms with van der Waals surface area (Å²) in [4.78, 5) is 14.8. The molecule has 1 aliphatic rings. The molecule has 82 valence electrons. The molecule has 0 unspecified atom stereocenters. The second-order valence-electron chi connectivity index (χ2n) is 3.55. The monoisotopic (exact) mass is 220 g/mol. The summed E-state index contributed by atoms with van der Waals surface area (Å²) in [5, 5.41) is 8.60. The zero-order chi connectivity index (χ0) is 10.4. The van der Waals surface area contributed by atoms with Crippen LogP contribution in [0.4, 0.5) is 0 Å². The number of hydrogen-bond donors (Lipinski definition) is 1. The maximum absolute atomic E-state index is 10.4. The van der Waals surface area contributed by atoms with Crippen LogP contribution in [0.1, 0.15) is 6.42 Å². The zero-order valence-electron chi connectivity index (χ0n) is 8.28. The van der Waals surface area contributed by atoms with E-state index in [2.05, 4.69) is 4.90 Å². The Morgan fingerprint density at radius 1 is 1.21 bits per heavy atom. The topological polar surface area (TPSA) is 43.8 Å². The number of alkyl halides is 1. The standard InChI is InChI=1S/C9H17ClN2O2/c10-2-1-3-11-4-6-12(7-5-11)8-9(13)14/h1-8H2,(H,13,14). The van der Waals surface area contributed by atoms with Gasteiger partial charge in [-0.1, -0.05) is 0 Å². The van der Waals surface area contributed by atoms with Crippen LogP contribution in [0.25, 0.3) is 0 Å². The van der Waals surface area contributed by atoms with E-state index >= 15 is 0 Å². The van der Waals surface area contributed by atoms with E-state index in [0.717, 1.165) is 39.1 Å². The van der Waals surface area contributed by atoms with Crippen molar-refractivity contribution in [2.24, 2.45) is 0 Å². The number of carboxylic acids is 1. The molecule has 5 heteroatoms. The lowest BCUT2D eigenvalue weighted by Crippen LogP contribution is -2.48. The summed E-state index contributed by atoms with van der Waals surface area (Å²) >= 11 is 5.60. The van der Waals surface area contributed by atoms with E-state index < -0.39 is 5.97 Å². The highest BCUT2D eigenvalue weighted by Crippen LogP contribution is 2.02. The first-order valence-electron chi connectivity index (χ1n) is 4.95. The molecule has 1 rings (SSSR count). The normalized spacial score (nSPS) is 19.8. The van der Waals surface area contributed by atoms with Gasteiger partial charge >= 0.3 is 5.97 Å². The van der Waals surface area contributed by atoms with Gasteiger partial charge in [0.15, 0.2) is 0 Å². The number of rotatable bonds is 5. The number of aliphatic carboxylic acids is 1. The van der Waals surface area contributed by atoms with Crippen molar-refractivity contribution < 1.29 is 9.90 Å². The quantitative estimate of drug-likeness (QED) is 0.678. The minimum Gasteiger partial charge on any atom is -0.480 e. The third-order valence-corrected chi connectivity index (χ3v) is 2.70. The molecule has 0 spiro atoms. The molecule has 0 bridgehead atoms. The van der Waals surface area contributed by atoms with Gasteiger partial charge in [-0.05, 0) is 13.0 Å². The molecule has 1 fully saturated rings. The molecule has 1 saturated heterocycles. The summed E-state index contributed by atoms with van der Waals surface area (Å²) in [5.74, 6) is -0.0331. The fourth-order valence-corrected chi connectivity index (χ4v) is 1.77. The molecule has 0 aromatic heterocycles. The molecule has 0 radical (unpaired) electrons. The average Bonchev–Trinajstić information content (AvgIpc) is 2.16. The summed E-state index contributed by atoms with van der Waals surface area (Å²) in [6, 6.07) is 0. The third kappa shape index (κ3) is 4.26. The van der Waals surface area contributed by atoms with Crippen molar-refractivity contribution in [2.75, 3.05) is 45.1 Å². The first-order valence-corrected chi connectivity index (χ1v) is 5.48. The van der Waals surface area contributed by atoms with Gasteiger partial charge in [0.2, 0.25) is 0 Å². The first kappa shape index (κ1) is 11.8. The summed E-state index contributed by atoms with van der Waals surface area (Å²) in [7, 11) is 0. The van der Waals surface area contributed by atoms with Crippen LogP contribution in [-0.2, 0) is 4.79 Å². The maximum atomic E-state index is 10.4. The Morgan fingerprint density at radius 3 is 2.29 bits per heavy atom. The lowest BCUT2D eigenvalue weighted by atomic mass is 10.3. The van der Waals surface area contributed by atoms with Gasteiger partial charge in [-0.2, -0.15) is 0 Å². The zero-order valence-corrected chi connectivity index (χ0v) is 9.04. The summed E-state index contributed by atoms with van der Waals surface area (Å²) in [5.41, 5.74) is 0. The van der Waals surface area contributed by atoms with Crippen molar-refractivity contribution >= 4 is 17.6 Å². The second-order valence-corrected chi connectivity index (χ2v) is 3.93. The molecular formula is C9H17ClN2O2. The molecule has 1 aliphatic heterocycles. The molecule has 14 heavy (non-hydrogen) atoms. The number of carboxylic acid groups (broad SMARTS) is 1. The van der Waals surface area contributed by atoms with Crippen LogP contribution in [0, 0.1) is 0 Å². The SMILES string of the molecule is O=C(O)CN1CCN(CCCCl)CC1. The van der Waals surface area contributed by atoms with Crippen molar-refractivity contribution in [1.82, 2.24) is 9.80 Å². The van der Waals surface area contributed by atoms with Gasteiger partial charge in [0.25, 0.3) is 0 Å². The van der Waals surface area contributed by atoms with Gasteiger partial charge in [0.05, 0.1) is 6.54 Å².